The predicted octanol–water partition coefficient (Wildman–Crippen LogP) is 0.579. The van der Waals surface area contributed by atoms with Crippen LogP contribution in [0.5, 0.6) is 0 Å². The van der Waals surface area contributed by atoms with Crippen LogP contribution < -0.4 is 16.8 Å². The van der Waals surface area contributed by atoms with Gasteiger partial charge in [0.15, 0.2) is 5.79 Å². The average molecular weight is 331 g/mol. The van der Waals surface area contributed by atoms with Crippen LogP contribution in [0.25, 0.3) is 0 Å². The molecule has 130 valence electrons. The Morgan fingerprint density at radius 2 is 1.96 bits per heavy atom. The summed E-state index contributed by atoms with van der Waals surface area (Å²) in [4.78, 5) is 15.5. The van der Waals surface area contributed by atoms with Crippen molar-refractivity contribution < 1.29 is 4.74 Å². The first kappa shape index (κ1) is 16.7. The van der Waals surface area contributed by atoms with Crippen molar-refractivity contribution in [3.05, 3.63) is 24.0 Å². The summed E-state index contributed by atoms with van der Waals surface area (Å²) in [5, 5.41) is 3.47. The maximum Gasteiger partial charge on any atom is 0.221 e. The molecule has 1 saturated heterocycles. The van der Waals surface area contributed by atoms with Crippen LogP contribution in [0.3, 0.4) is 0 Å². The van der Waals surface area contributed by atoms with Gasteiger partial charge in [-0.15, -0.1) is 0 Å². The lowest BCUT2D eigenvalue weighted by Gasteiger charge is -2.51. The summed E-state index contributed by atoms with van der Waals surface area (Å²) in [6.45, 7) is 9.50. The average Bonchev–Trinajstić information content (AvgIpc) is 2.54. The lowest BCUT2D eigenvalue weighted by molar-refractivity contribution is -0.0764. The van der Waals surface area contributed by atoms with E-state index in [-0.39, 0.29) is 11.4 Å². The number of nitrogens with one attached hydrogen (secondary N) is 1. The second-order valence-corrected chi connectivity index (χ2v) is 7.02. The van der Waals surface area contributed by atoms with E-state index in [0.717, 1.165) is 18.8 Å². The number of aromatic nitrogens is 2. The van der Waals surface area contributed by atoms with Gasteiger partial charge in [0.1, 0.15) is 5.82 Å². The quantitative estimate of drug-likeness (QED) is 0.726. The summed E-state index contributed by atoms with van der Waals surface area (Å²) in [6, 6.07) is 0. The Morgan fingerprint density at radius 3 is 2.58 bits per heavy atom. The molecule has 2 aliphatic heterocycles. The Kier molecular flexibility index (Phi) is 4.18. The first-order valence-corrected chi connectivity index (χ1v) is 8.09. The molecule has 3 heterocycles. The molecule has 1 aromatic heterocycles. The van der Waals surface area contributed by atoms with Gasteiger partial charge in [-0.2, -0.15) is 4.98 Å². The Bertz CT molecular complexity index is 673. The number of hydrogen-bond acceptors (Lipinski definition) is 8. The number of hydrogen-bond donors (Lipinski definition) is 3. The molecular formula is C16H25N7O. The third kappa shape index (κ3) is 2.83. The molecule has 0 saturated carbocycles. The molecule has 0 radical (unpaired) electrons. The van der Waals surface area contributed by atoms with E-state index in [2.05, 4.69) is 41.0 Å². The third-order valence-electron chi connectivity index (χ3n) is 4.44. The summed E-state index contributed by atoms with van der Waals surface area (Å²) in [5.74, 6) is -0.100. The van der Waals surface area contributed by atoms with Crippen molar-refractivity contribution in [3.8, 4) is 0 Å². The Morgan fingerprint density at radius 1 is 1.25 bits per heavy atom. The molecule has 8 nitrogen and oxygen atoms in total. The number of ether oxygens (including phenoxy) is 1. The van der Waals surface area contributed by atoms with Gasteiger partial charge in [-0.1, -0.05) is 20.8 Å². The van der Waals surface area contributed by atoms with Crippen LogP contribution in [0.2, 0.25) is 0 Å². The second kappa shape index (κ2) is 6.03. The predicted molar refractivity (Wildman–Crippen MR) is 94.2 cm³/mol. The molecule has 1 aromatic rings. The van der Waals surface area contributed by atoms with Crippen LogP contribution >= 0.6 is 0 Å². The largest absolute Gasteiger partial charge is 0.383 e. The molecular weight excluding hydrogens is 306 g/mol. The van der Waals surface area contributed by atoms with Crippen LogP contribution in [0.4, 0.5) is 11.8 Å². The van der Waals surface area contributed by atoms with Gasteiger partial charge in [-0.05, 0) is 6.08 Å². The van der Waals surface area contributed by atoms with E-state index in [1.807, 2.05) is 12.3 Å². The molecule has 8 heteroatoms. The van der Waals surface area contributed by atoms with Gasteiger partial charge in [0, 0.05) is 30.9 Å². The van der Waals surface area contributed by atoms with E-state index in [1.165, 1.54) is 0 Å². The van der Waals surface area contributed by atoms with Crippen LogP contribution in [-0.2, 0) is 4.74 Å². The lowest BCUT2D eigenvalue weighted by atomic mass is 9.84. The van der Waals surface area contributed by atoms with E-state index in [9.17, 15) is 0 Å². The molecule has 1 atom stereocenters. The minimum absolute atomic E-state index is 0.157. The number of nitrogens with two attached hydrogens (primary N) is 2. The Balaban J connectivity index is 2.07. The van der Waals surface area contributed by atoms with Crippen molar-refractivity contribution in [2.45, 2.75) is 26.6 Å². The number of nitrogen functional groups attached to an aromatic ring is 2. The summed E-state index contributed by atoms with van der Waals surface area (Å²) in [7, 11) is 0. The van der Waals surface area contributed by atoms with Gasteiger partial charge in [0.2, 0.25) is 5.95 Å². The zero-order valence-corrected chi connectivity index (χ0v) is 14.4. The maximum absolute atomic E-state index is 6.03. The van der Waals surface area contributed by atoms with Crippen molar-refractivity contribution in [3.63, 3.8) is 0 Å². The Labute approximate surface area is 142 Å². The fraction of sp³-hybridized carbons (Fsp3) is 0.562. The molecule has 5 N–H and O–H groups in total. The first-order valence-electron chi connectivity index (χ1n) is 8.09. The van der Waals surface area contributed by atoms with Crippen molar-refractivity contribution in [2.24, 2.45) is 10.4 Å². The highest BCUT2D eigenvalue weighted by atomic mass is 16.5. The molecule has 0 bridgehead atoms. The van der Waals surface area contributed by atoms with Gasteiger partial charge >= 0.3 is 0 Å². The number of morpholine rings is 1. The highest BCUT2D eigenvalue weighted by molar-refractivity contribution is 6.11. The van der Waals surface area contributed by atoms with E-state index in [4.69, 9.17) is 21.2 Å². The Hall–Kier alpha value is -2.19. The minimum atomic E-state index is -0.589. The molecule has 0 aromatic carbocycles. The molecule has 1 fully saturated rings. The van der Waals surface area contributed by atoms with Crippen LogP contribution in [0.15, 0.2) is 23.5 Å². The smallest absolute Gasteiger partial charge is 0.221 e. The van der Waals surface area contributed by atoms with E-state index in [0.29, 0.717) is 24.6 Å². The van der Waals surface area contributed by atoms with Crippen molar-refractivity contribution in [1.29, 1.82) is 0 Å². The van der Waals surface area contributed by atoms with E-state index in [1.54, 1.807) is 6.20 Å². The lowest BCUT2D eigenvalue weighted by Crippen LogP contribution is -2.66. The van der Waals surface area contributed by atoms with Gasteiger partial charge in [0.25, 0.3) is 0 Å². The van der Waals surface area contributed by atoms with E-state index >= 15 is 0 Å². The van der Waals surface area contributed by atoms with E-state index < -0.39 is 5.79 Å². The van der Waals surface area contributed by atoms with Gasteiger partial charge in [-0.25, -0.2) is 9.98 Å². The first-order chi connectivity index (χ1) is 11.3. The summed E-state index contributed by atoms with van der Waals surface area (Å²) < 4.78 is 5.50. The monoisotopic (exact) mass is 331 g/mol. The van der Waals surface area contributed by atoms with Gasteiger partial charge in [-0.3, -0.25) is 4.90 Å². The zero-order chi connectivity index (χ0) is 17.4. The van der Waals surface area contributed by atoms with Crippen LogP contribution in [0.1, 0.15) is 26.3 Å². The third-order valence-corrected chi connectivity index (χ3v) is 4.44. The molecule has 0 spiro atoms. The number of nitrogens with zero attached hydrogens (tertiary/aromatic N) is 4. The summed E-state index contributed by atoms with van der Waals surface area (Å²) in [5.41, 5.74) is 12.9. The van der Waals surface area contributed by atoms with Crippen LogP contribution in [-0.4, -0.2) is 52.7 Å². The maximum atomic E-state index is 6.03. The fourth-order valence-electron chi connectivity index (χ4n) is 3.14. The topological polar surface area (TPSA) is 115 Å². The van der Waals surface area contributed by atoms with Gasteiger partial charge in [0.05, 0.1) is 24.5 Å². The zero-order valence-electron chi connectivity index (χ0n) is 14.4. The SMILES string of the molecule is CC(C)(C)C1(N2CCOCC2)N=C(c2cnc(N)nc2N)C=CN1. The number of rotatable bonds is 2. The standard InChI is InChI=1S/C16H25N7O/c1-15(2,3)16(23-6-8-24-9-7-23)20-5-4-12(22-16)11-10-19-14(18)21-13(11)17/h4-5,10,20H,6-9H2,1-3H3,(H4,17,18,19,21). The fourth-order valence-corrected chi connectivity index (χ4v) is 3.14. The molecule has 3 rings (SSSR count). The molecule has 0 amide bonds. The van der Waals surface area contributed by atoms with Gasteiger partial charge < -0.3 is 21.5 Å². The molecule has 1 unspecified atom stereocenters. The number of allylic oxidation sites excluding steroid dienone is 1. The van der Waals surface area contributed by atoms with Crippen LogP contribution in [0, 0.1) is 5.41 Å². The minimum Gasteiger partial charge on any atom is -0.383 e. The summed E-state index contributed by atoms with van der Waals surface area (Å²) in [6.07, 6.45) is 5.42. The van der Waals surface area contributed by atoms with Crippen molar-refractivity contribution >= 4 is 17.5 Å². The normalized spacial score (nSPS) is 25.2. The molecule has 0 aliphatic carbocycles. The molecule has 2 aliphatic rings. The summed E-state index contributed by atoms with van der Waals surface area (Å²) >= 11 is 0. The number of aliphatic imine (C=N–C) groups is 1. The highest BCUT2D eigenvalue weighted by Gasteiger charge is 2.48. The van der Waals surface area contributed by atoms with Crippen molar-refractivity contribution in [2.75, 3.05) is 37.8 Å². The molecule has 24 heavy (non-hydrogen) atoms. The second-order valence-electron chi connectivity index (χ2n) is 7.02. The number of anilines is 2. The van der Waals surface area contributed by atoms with Crippen molar-refractivity contribution in [1.82, 2.24) is 20.2 Å². The highest BCUT2D eigenvalue weighted by Crippen LogP contribution is 2.37.